The molecule has 0 amide bonds. The van der Waals surface area contributed by atoms with Crippen molar-refractivity contribution in [3.05, 3.63) is 64.2 Å². The molecular formula is C18H16FN3O3. The summed E-state index contributed by atoms with van der Waals surface area (Å²) < 4.78 is 14.7. The van der Waals surface area contributed by atoms with Crippen LogP contribution >= 0.6 is 0 Å². The number of allylic oxidation sites excluding steroid dienone is 2. The zero-order valence-corrected chi connectivity index (χ0v) is 13.2. The van der Waals surface area contributed by atoms with Gasteiger partial charge in [0.25, 0.3) is 0 Å². The van der Waals surface area contributed by atoms with Gasteiger partial charge >= 0.3 is 5.97 Å². The molecule has 25 heavy (non-hydrogen) atoms. The maximum absolute atomic E-state index is 14.7. The maximum atomic E-state index is 14.7. The van der Waals surface area contributed by atoms with Gasteiger partial charge in [-0.15, -0.1) is 0 Å². The summed E-state index contributed by atoms with van der Waals surface area (Å²) in [4.78, 5) is 27.9. The molecule has 1 aromatic carbocycles. The fourth-order valence-corrected chi connectivity index (χ4v) is 3.58. The molecule has 0 radical (unpaired) electrons. The molecular weight excluding hydrogens is 325 g/mol. The lowest BCUT2D eigenvalue weighted by atomic mass is 9.85. The van der Waals surface area contributed by atoms with E-state index in [-0.39, 0.29) is 11.3 Å². The number of H-pyrrole nitrogens is 1. The first kappa shape index (κ1) is 15.6. The highest BCUT2D eigenvalue weighted by molar-refractivity contribution is 5.93. The van der Waals surface area contributed by atoms with E-state index in [4.69, 9.17) is 10.8 Å². The van der Waals surface area contributed by atoms with E-state index in [0.29, 0.717) is 24.3 Å². The summed E-state index contributed by atoms with van der Waals surface area (Å²) in [5.41, 5.74) is 5.47. The second-order valence-corrected chi connectivity index (χ2v) is 6.53. The Balaban J connectivity index is 1.79. The molecule has 128 valence electrons. The predicted molar refractivity (Wildman–Crippen MR) is 92.4 cm³/mol. The van der Waals surface area contributed by atoms with Crippen molar-refractivity contribution < 1.29 is 14.3 Å². The summed E-state index contributed by atoms with van der Waals surface area (Å²) in [7, 11) is 0. The van der Waals surface area contributed by atoms with Gasteiger partial charge in [-0.05, 0) is 12.1 Å². The number of hydrogen-bond acceptors (Lipinski definition) is 4. The molecule has 4 rings (SSSR count). The minimum atomic E-state index is -1.35. The van der Waals surface area contributed by atoms with Crippen LogP contribution in [-0.2, 0) is 0 Å². The number of carboxylic acid groups (broad SMARTS) is 1. The molecule has 1 saturated heterocycles. The minimum Gasteiger partial charge on any atom is -0.477 e. The number of nitrogens with one attached hydrogen (secondary N) is 1. The second-order valence-electron chi connectivity index (χ2n) is 6.53. The average molecular weight is 341 g/mol. The van der Waals surface area contributed by atoms with Gasteiger partial charge in [-0.1, -0.05) is 24.3 Å². The number of carbonyl (C=O) groups is 1. The van der Waals surface area contributed by atoms with Gasteiger partial charge in [0.1, 0.15) is 11.4 Å². The SMILES string of the molecule is NC12C=CC=CC1CN(c1cc3[nH]cc(C(=O)O)c(=O)c3cc1F)C2. The van der Waals surface area contributed by atoms with Crippen LogP contribution in [0.25, 0.3) is 10.9 Å². The number of aromatic nitrogens is 1. The Hall–Kier alpha value is -2.93. The molecule has 7 heteroatoms. The number of pyridine rings is 1. The Morgan fingerprint density at radius 2 is 2.20 bits per heavy atom. The van der Waals surface area contributed by atoms with E-state index in [2.05, 4.69) is 4.98 Å². The van der Waals surface area contributed by atoms with Crippen LogP contribution < -0.4 is 16.1 Å². The van der Waals surface area contributed by atoms with Gasteiger partial charge in [-0.2, -0.15) is 0 Å². The number of carboxylic acids is 1. The second kappa shape index (κ2) is 5.29. The van der Waals surface area contributed by atoms with Crippen LogP contribution in [0, 0.1) is 11.7 Å². The lowest BCUT2D eigenvalue weighted by Crippen LogP contribution is -2.46. The topological polar surface area (TPSA) is 99.4 Å². The van der Waals surface area contributed by atoms with E-state index in [1.165, 1.54) is 6.07 Å². The van der Waals surface area contributed by atoms with Crippen molar-refractivity contribution in [2.45, 2.75) is 5.54 Å². The molecule has 6 nitrogen and oxygen atoms in total. The van der Waals surface area contributed by atoms with Gasteiger partial charge in [-0.25, -0.2) is 9.18 Å². The highest BCUT2D eigenvalue weighted by Gasteiger charge is 2.42. The van der Waals surface area contributed by atoms with Crippen molar-refractivity contribution in [1.29, 1.82) is 0 Å². The molecule has 0 bridgehead atoms. The van der Waals surface area contributed by atoms with Crippen LogP contribution in [-0.4, -0.2) is 34.7 Å². The molecule has 2 atom stereocenters. The quantitative estimate of drug-likeness (QED) is 0.771. The lowest BCUT2D eigenvalue weighted by Gasteiger charge is -2.26. The van der Waals surface area contributed by atoms with E-state index >= 15 is 0 Å². The fourth-order valence-electron chi connectivity index (χ4n) is 3.58. The number of nitrogens with two attached hydrogens (primary N) is 1. The van der Waals surface area contributed by atoms with E-state index in [9.17, 15) is 14.0 Å². The summed E-state index contributed by atoms with van der Waals surface area (Å²) in [6.07, 6.45) is 8.90. The van der Waals surface area contributed by atoms with Crippen LogP contribution in [0.1, 0.15) is 10.4 Å². The van der Waals surface area contributed by atoms with Crippen molar-refractivity contribution in [2.24, 2.45) is 11.7 Å². The van der Waals surface area contributed by atoms with Gasteiger partial charge in [0.2, 0.25) is 5.43 Å². The molecule has 2 unspecified atom stereocenters. The summed E-state index contributed by atoms with van der Waals surface area (Å²) in [5, 5.41) is 9.03. The smallest absolute Gasteiger partial charge is 0.341 e. The molecule has 2 aromatic rings. The summed E-state index contributed by atoms with van der Waals surface area (Å²) in [5.74, 6) is -1.84. The Kier molecular flexibility index (Phi) is 3.30. The summed E-state index contributed by atoms with van der Waals surface area (Å²) in [6.45, 7) is 1.02. The Labute approximate surface area is 142 Å². The summed E-state index contributed by atoms with van der Waals surface area (Å²) in [6, 6.07) is 2.62. The van der Waals surface area contributed by atoms with Crippen molar-refractivity contribution in [3.8, 4) is 0 Å². The Morgan fingerprint density at radius 3 is 2.92 bits per heavy atom. The van der Waals surface area contributed by atoms with Crippen molar-refractivity contribution in [1.82, 2.24) is 4.98 Å². The molecule has 1 aromatic heterocycles. The number of halogens is 1. The number of rotatable bonds is 2. The third kappa shape index (κ3) is 2.35. The van der Waals surface area contributed by atoms with Crippen LogP contribution in [0.5, 0.6) is 0 Å². The zero-order valence-electron chi connectivity index (χ0n) is 13.2. The number of benzene rings is 1. The molecule has 1 fully saturated rings. The average Bonchev–Trinajstić information content (AvgIpc) is 2.92. The summed E-state index contributed by atoms with van der Waals surface area (Å²) >= 11 is 0. The highest BCUT2D eigenvalue weighted by Crippen LogP contribution is 2.35. The monoisotopic (exact) mass is 341 g/mol. The van der Waals surface area contributed by atoms with E-state index < -0.39 is 28.3 Å². The first-order valence-electron chi connectivity index (χ1n) is 7.87. The predicted octanol–water partition coefficient (Wildman–Crippen LogP) is 1.63. The number of aromatic amines is 1. The largest absolute Gasteiger partial charge is 0.477 e. The van der Waals surface area contributed by atoms with E-state index in [1.807, 2.05) is 29.2 Å². The van der Waals surface area contributed by atoms with Gasteiger partial charge in [0.05, 0.1) is 16.7 Å². The lowest BCUT2D eigenvalue weighted by molar-refractivity contribution is 0.0695. The molecule has 1 aliphatic heterocycles. The number of anilines is 1. The Morgan fingerprint density at radius 1 is 1.40 bits per heavy atom. The molecule has 2 aliphatic rings. The third-order valence-corrected chi connectivity index (χ3v) is 4.95. The number of aromatic carboxylic acids is 1. The molecule has 4 N–H and O–H groups in total. The molecule has 0 spiro atoms. The van der Waals surface area contributed by atoms with Gasteiger partial charge < -0.3 is 20.7 Å². The molecule has 2 heterocycles. The molecule has 1 aliphatic carbocycles. The zero-order chi connectivity index (χ0) is 17.8. The van der Waals surface area contributed by atoms with Crippen molar-refractivity contribution >= 4 is 22.6 Å². The number of hydrogen-bond donors (Lipinski definition) is 3. The van der Waals surface area contributed by atoms with Gasteiger partial charge in [0.15, 0.2) is 0 Å². The van der Waals surface area contributed by atoms with E-state index in [0.717, 1.165) is 12.3 Å². The van der Waals surface area contributed by atoms with E-state index in [1.54, 1.807) is 0 Å². The van der Waals surface area contributed by atoms with Crippen LogP contribution in [0.15, 0.2) is 47.4 Å². The minimum absolute atomic E-state index is 0.0139. The highest BCUT2D eigenvalue weighted by atomic mass is 19.1. The number of fused-ring (bicyclic) bond motifs is 2. The maximum Gasteiger partial charge on any atom is 0.341 e. The normalized spacial score (nSPS) is 24.7. The van der Waals surface area contributed by atoms with Crippen molar-refractivity contribution in [3.63, 3.8) is 0 Å². The Bertz CT molecular complexity index is 1010. The number of nitrogens with zero attached hydrogens (tertiary/aromatic N) is 1. The van der Waals surface area contributed by atoms with Gasteiger partial charge in [0, 0.05) is 30.6 Å². The van der Waals surface area contributed by atoms with Gasteiger partial charge in [-0.3, -0.25) is 4.79 Å². The van der Waals surface area contributed by atoms with Crippen LogP contribution in [0.4, 0.5) is 10.1 Å². The third-order valence-electron chi connectivity index (χ3n) is 4.95. The fraction of sp³-hybridized carbons (Fsp3) is 0.222. The first-order valence-corrected chi connectivity index (χ1v) is 7.87. The standard InChI is InChI=1S/C18H16FN3O3/c19-13-5-11-14(21-7-12(16(11)23)17(24)25)6-15(13)22-8-10-3-1-2-4-18(10,20)9-22/h1-7,10H,8-9,20H2,(H,21,23)(H,24,25). The van der Waals surface area contributed by atoms with Crippen LogP contribution in [0.3, 0.4) is 0 Å². The van der Waals surface area contributed by atoms with Crippen LogP contribution in [0.2, 0.25) is 0 Å². The van der Waals surface area contributed by atoms with Crippen molar-refractivity contribution in [2.75, 3.05) is 18.0 Å². The molecule has 0 saturated carbocycles. The first-order chi connectivity index (χ1) is 11.9.